The summed E-state index contributed by atoms with van der Waals surface area (Å²) in [4.78, 5) is 39.6. The Morgan fingerprint density at radius 1 is 1.34 bits per heavy atom. The molecule has 3 aliphatic rings. The quantitative estimate of drug-likeness (QED) is 0.205. The predicted octanol–water partition coefficient (Wildman–Crippen LogP) is 3.62. The third kappa shape index (κ3) is 3.71. The van der Waals surface area contributed by atoms with Gasteiger partial charge < -0.3 is 18.8 Å². The Morgan fingerprint density at radius 2 is 2.06 bits per heavy atom. The molecule has 0 saturated carbocycles. The first kappa shape index (κ1) is 22.5. The maximum atomic E-state index is 13.2. The first-order valence-electron chi connectivity index (χ1n) is 10.9. The number of carbonyl (C=O) groups is 3. The zero-order valence-electron chi connectivity index (χ0n) is 19.1. The van der Waals surface area contributed by atoms with E-state index in [1.54, 1.807) is 17.9 Å². The fourth-order valence-corrected chi connectivity index (χ4v) is 6.09. The highest BCUT2D eigenvalue weighted by Gasteiger charge is 2.57. The fraction of sp³-hybridized carbons (Fsp3) is 0.458. The lowest BCUT2D eigenvalue weighted by Gasteiger charge is -2.47. The Morgan fingerprint density at radius 3 is 2.72 bits per heavy atom. The van der Waals surface area contributed by atoms with Gasteiger partial charge in [-0.05, 0) is 63.2 Å². The van der Waals surface area contributed by atoms with Crippen LogP contribution in [0.25, 0.3) is 5.57 Å². The standard InChI is InChI=1S/C24H29NO6Si/c1-7-10-29-24(28)21-17(15-8-9-19-16(11-15)13(2)23(27)30-19)12-18-20(22(26)25(18)21)14(3)31-32(4,5)6/h7-9,11,13-14,18,20H,1,10,12H2,2-6H3/t13?,14-,18-,20-/m1/s1. The van der Waals surface area contributed by atoms with E-state index in [0.717, 1.165) is 16.7 Å². The molecule has 1 saturated heterocycles. The predicted molar refractivity (Wildman–Crippen MR) is 121 cm³/mol. The van der Waals surface area contributed by atoms with Gasteiger partial charge in [0.05, 0.1) is 24.0 Å². The minimum Gasteiger partial charge on any atom is -0.457 e. The van der Waals surface area contributed by atoms with Gasteiger partial charge in [0.1, 0.15) is 18.1 Å². The van der Waals surface area contributed by atoms with Gasteiger partial charge in [-0.15, -0.1) is 0 Å². The highest BCUT2D eigenvalue weighted by Crippen LogP contribution is 2.49. The molecule has 7 nitrogen and oxygen atoms in total. The molecule has 0 radical (unpaired) electrons. The van der Waals surface area contributed by atoms with E-state index in [4.69, 9.17) is 13.9 Å². The lowest BCUT2D eigenvalue weighted by Crippen LogP contribution is -2.63. The number of ether oxygens (including phenoxy) is 2. The second kappa shape index (κ2) is 8.01. The largest absolute Gasteiger partial charge is 0.457 e. The van der Waals surface area contributed by atoms with Gasteiger partial charge in [0.25, 0.3) is 0 Å². The van der Waals surface area contributed by atoms with Crippen molar-refractivity contribution in [2.75, 3.05) is 6.61 Å². The number of hydrogen-bond acceptors (Lipinski definition) is 6. The van der Waals surface area contributed by atoms with Crippen molar-refractivity contribution >= 4 is 31.7 Å². The highest BCUT2D eigenvalue weighted by atomic mass is 28.4. The molecule has 4 atom stereocenters. The summed E-state index contributed by atoms with van der Waals surface area (Å²) in [6.07, 6.45) is 1.79. The summed E-state index contributed by atoms with van der Waals surface area (Å²) in [5, 5.41) is 0. The summed E-state index contributed by atoms with van der Waals surface area (Å²) in [5.74, 6) is -1.10. The van der Waals surface area contributed by atoms with Crippen LogP contribution >= 0.6 is 0 Å². The first-order chi connectivity index (χ1) is 15.0. The number of benzene rings is 1. The number of rotatable bonds is 7. The van der Waals surface area contributed by atoms with Gasteiger partial charge in [0.15, 0.2) is 8.32 Å². The van der Waals surface area contributed by atoms with Crippen LogP contribution in [-0.4, -0.2) is 49.8 Å². The number of hydrogen-bond donors (Lipinski definition) is 0. The van der Waals surface area contributed by atoms with Crippen molar-refractivity contribution in [2.24, 2.45) is 5.92 Å². The minimum atomic E-state index is -1.84. The van der Waals surface area contributed by atoms with Gasteiger partial charge in [-0.1, -0.05) is 18.7 Å². The van der Waals surface area contributed by atoms with Crippen LogP contribution in [0.4, 0.5) is 0 Å². The third-order valence-corrected chi connectivity index (χ3v) is 7.25. The van der Waals surface area contributed by atoms with Crippen LogP contribution in [0.15, 0.2) is 36.6 Å². The zero-order valence-corrected chi connectivity index (χ0v) is 20.1. The molecule has 32 heavy (non-hydrogen) atoms. The fourth-order valence-electron chi connectivity index (χ4n) is 4.83. The average molecular weight is 456 g/mol. The SMILES string of the molecule is C=CCOC(=O)C1=C(c2ccc3c(c2)C(C)C(=O)O3)C[C@@H]2[C@@H]([C@@H](C)O[Si](C)(C)C)C(=O)N12. The summed E-state index contributed by atoms with van der Waals surface area (Å²) < 4.78 is 16.8. The first-order valence-corrected chi connectivity index (χ1v) is 14.3. The highest BCUT2D eigenvalue weighted by molar-refractivity contribution is 6.69. The number of nitrogens with zero attached hydrogens (tertiary/aromatic N) is 1. The van der Waals surface area contributed by atoms with Crippen LogP contribution < -0.4 is 4.74 Å². The van der Waals surface area contributed by atoms with Crippen molar-refractivity contribution in [1.29, 1.82) is 0 Å². The topological polar surface area (TPSA) is 82.1 Å². The van der Waals surface area contributed by atoms with Crippen molar-refractivity contribution in [3.05, 3.63) is 47.7 Å². The molecule has 3 heterocycles. The molecule has 1 amide bonds. The van der Waals surface area contributed by atoms with E-state index in [1.807, 2.05) is 19.1 Å². The molecule has 0 spiro atoms. The third-order valence-electron chi connectivity index (χ3n) is 6.17. The molecule has 1 aromatic rings. The van der Waals surface area contributed by atoms with Crippen molar-refractivity contribution < 1.29 is 28.3 Å². The summed E-state index contributed by atoms with van der Waals surface area (Å²) in [5.41, 5.74) is 2.59. The molecular formula is C24H29NO6Si. The molecule has 8 heteroatoms. The normalized spacial score (nSPS) is 25.2. The maximum Gasteiger partial charge on any atom is 0.355 e. The number of carbonyl (C=O) groups excluding carboxylic acids is 3. The molecule has 0 aliphatic carbocycles. The van der Waals surface area contributed by atoms with Gasteiger partial charge >= 0.3 is 11.9 Å². The molecule has 170 valence electrons. The Bertz CT molecular complexity index is 1040. The summed E-state index contributed by atoms with van der Waals surface area (Å²) in [6, 6.07) is 5.30. The minimum absolute atomic E-state index is 0.0600. The van der Waals surface area contributed by atoms with E-state index in [9.17, 15) is 14.4 Å². The lowest BCUT2D eigenvalue weighted by molar-refractivity contribution is -0.161. The Balaban J connectivity index is 1.70. The van der Waals surface area contributed by atoms with Gasteiger partial charge in [0, 0.05) is 5.56 Å². The van der Waals surface area contributed by atoms with Crippen LogP contribution in [0.3, 0.4) is 0 Å². The van der Waals surface area contributed by atoms with E-state index in [0.29, 0.717) is 12.2 Å². The number of esters is 2. The van der Waals surface area contributed by atoms with E-state index in [-0.39, 0.29) is 48.2 Å². The zero-order chi connectivity index (χ0) is 23.4. The average Bonchev–Trinajstić information content (AvgIpc) is 3.19. The van der Waals surface area contributed by atoms with E-state index in [2.05, 4.69) is 26.2 Å². The second-order valence-electron chi connectivity index (χ2n) is 9.55. The van der Waals surface area contributed by atoms with Crippen molar-refractivity contribution in [1.82, 2.24) is 4.90 Å². The van der Waals surface area contributed by atoms with Crippen LogP contribution in [-0.2, 0) is 23.5 Å². The Hall–Kier alpha value is -2.71. The molecule has 4 rings (SSSR count). The van der Waals surface area contributed by atoms with Crippen LogP contribution in [0.5, 0.6) is 5.75 Å². The van der Waals surface area contributed by atoms with Crippen LogP contribution in [0, 0.1) is 5.92 Å². The molecule has 0 N–H and O–H groups in total. The number of amides is 1. The Kier molecular flexibility index (Phi) is 5.62. The van der Waals surface area contributed by atoms with Crippen molar-refractivity contribution in [2.45, 2.75) is 58.0 Å². The molecule has 1 unspecified atom stereocenters. The maximum absolute atomic E-state index is 13.2. The van der Waals surface area contributed by atoms with Crippen LogP contribution in [0.2, 0.25) is 19.6 Å². The van der Waals surface area contributed by atoms with Gasteiger partial charge in [-0.2, -0.15) is 0 Å². The Labute approximate surface area is 189 Å². The van der Waals surface area contributed by atoms with Gasteiger partial charge in [-0.3, -0.25) is 9.59 Å². The molecule has 3 aliphatic heterocycles. The number of β-lactam (4-membered cyclic amide) rings is 1. The van der Waals surface area contributed by atoms with Gasteiger partial charge in [-0.25, -0.2) is 4.79 Å². The smallest absolute Gasteiger partial charge is 0.355 e. The van der Waals surface area contributed by atoms with E-state index in [1.165, 1.54) is 6.08 Å². The van der Waals surface area contributed by atoms with Crippen LogP contribution in [0.1, 0.15) is 37.3 Å². The van der Waals surface area contributed by atoms with Crippen molar-refractivity contribution in [3.8, 4) is 5.75 Å². The van der Waals surface area contributed by atoms with E-state index < -0.39 is 14.3 Å². The molecular weight excluding hydrogens is 426 g/mol. The second-order valence-corrected chi connectivity index (χ2v) is 14.0. The monoisotopic (exact) mass is 455 g/mol. The molecule has 0 bridgehead atoms. The van der Waals surface area contributed by atoms with Gasteiger partial charge in [0.2, 0.25) is 5.91 Å². The summed E-state index contributed by atoms with van der Waals surface area (Å²) in [7, 11) is -1.84. The lowest BCUT2D eigenvalue weighted by atomic mass is 9.82. The van der Waals surface area contributed by atoms with Crippen molar-refractivity contribution in [3.63, 3.8) is 0 Å². The summed E-state index contributed by atoms with van der Waals surface area (Å²) >= 11 is 0. The molecule has 1 fully saturated rings. The van der Waals surface area contributed by atoms with E-state index >= 15 is 0 Å². The molecule has 0 aromatic heterocycles. The number of fused-ring (bicyclic) bond motifs is 2. The summed E-state index contributed by atoms with van der Waals surface area (Å²) in [6.45, 7) is 13.7. The molecule has 1 aromatic carbocycles.